The Bertz CT molecular complexity index is 44.9. The fourth-order valence-corrected chi connectivity index (χ4v) is 0. The summed E-state index contributed by atoms with van der Waals surface area (Å²) < 4.78 is 7.85. The van der Waals surface area contributed by atoms with Crippen LogP contribution >= 0.6 is 24.3 Å². The van der Waals surface area contributed by atoms with Crippen molar-refractivity contribution in [3.63, 3.8) is 0 Å². The molecule has 0 fully saturated rings. The first-order valence-corrected chi connectivity index (χ1v) is 2.06. The molecule has 0 aliphatic heterocycles. The van der Waals surface area contributed by atoms with Crippen molar-refractivity contribution in [2.75, 3.05) is 0 Å². The monoisotopic (exact) mass is 109 g/mol. The highest BCUT2D eigenvalue weighted by Gasteiger charge is 1.74. The zero-order valence-corrected chi connectivity index (χ0v) is 3.97. The van der Waals surface area contributed by atoms with Crippen LogP contribution < -0.4 is 5.73 Å². The minimum Gasteiger partial charge on any atom is -0.383 e. The van der Waals surface area contributed by atoms with E-state index >= 15 is 0 Å². The Hall–Kier alpha value is 0.200. The Balaban J connectivity index is 2.85. The first kappa shape index (κ1) is 5.20. The quantitative estimate of drug-likeness (QED) is 0.350. The van der Waals surface area contributed by atoms with Gasteiger partial charge in [-0.05, 0) is 0 Å². The molecule has 0 unspecified atom stereocenters. The highest BCUT2D eigenvalue weighted by atomic mass is 32.2. The molecule has 30 valence electrons. The summed E-state index contributed by atoms with van der Waals surface area (Å²) in [6, 6.07) is 0. The molecule has 4 heteroatoms. The van der Waals surface area contributed by atoms with Crippen molar-refractivity contribution in [1.82, 2.24) is 0 Å². The Kier molecular flexibility index (Phi) is 2.54. The van der Waals surface area contributed by atoms with Gasteiger partial charge >= 0.3 is 0 Å². The summed E-state index contributed by atoms with van der Waals surface area (Å²) in [5.41, 5.74) is 4.74. The van der Waals surface area contributed by atoms with E-state index in [1.807, 2.05) is 0 Å². The Morgan fingerprint density at radius 3 is 2.20 bits per heavy atom. The van der Waals surface area contributed by atoms with Crippen LogP contribution in [0, 0.1) is 0 Å². The fourth-order valence-electron chi connectivity index (χ4n) is 0. The number of nitrogens with two attached hydrogens (primary N) is 1. The summed E-state index contributed by atoms with van der Waals surface area (Å²) in [5, 5.41) is 0. The van der Waals surface area contributed by atoms with Crippen LogP contribution in [-0.2, 0) is 0 Å². The normalized spacial score (nSPS) is 7.40. The van der Waals surface area contributed by atoms with Gasteiger partial charge in [0, 0.05) is 0 Å². The number of thiocarbonyl (C=S) groups is 1. The van der Waals surface area contributed by atoms with E-state index in [9.17, 15) is 0 Å². The highest BCUT2D eigenvalue weighted by molar-refractivity contribution is 8.19. The Labute approximate surface area is 39.6 Å². The second-order valence-electron chi connectivity index (χ2n) is 0.410. The van der Waals surface area contributed by atoms with E-state index in [0.29, 0.717) is 12.0 Å². The van der Waals surface area contributed by atoms with E-state index < -0.39 is 0 Å². The molecular weight excluding hydrogens is 106 g/mol. The molecule has 0 aromatic rings. The molecule has 0 atom stereocenters. The zero-order valence-electron chi connectivity index (χ0n) is 2.34. The van der Waals surface area contributed by atoms with Gasteiger partial charge in [0.1, 0.15) is 0 Å². The van der Waals surface area contributed by atoms with Crippen molar-refractivity contribution in [2.24, 2.45) is 5.73 Å². The van der Waals surface area contributed by atoms with Gasteiger partial charge in [-0.2, -0.15) is 0 Å². The lowest BCUT2D eigenvalue weighted by Gasteiger charge is -1.76. The van der Waals surface area contributed by atoms with Crippen LogP contribution in [0.1, 0.15) is 0 Å². The summed E-state index contributed by atoms with van der Waals surface area (Å²) >= 11 is 4.58. The van der Waals surface area contributed by atoms with Gasteiger partial charge in [0.25, 0.3) is 0 Å². The van der Waals surface area contributed by atoms with Crippen LogP contribution in [0.4, 0.5) is 0 Å². The molecule has 0 heterocycles. The molecule has 0 radical (unpaired) electrons. The van der Waals surface area contributed by atoms with Crippen molar-refractivity contribution < 1.29 is 4.55 Å². The predicted octanol–water partition coefficient (Wildman–Crippen LogP) is 0.436. The molecule has 0 saturated carbocycles. The maximum Gasteiger partial charge on any atom is 0.158 e. The molecular formula is CH3NOS2. The molecule has 0 aliphatic carbocycles. The van der Waals surface area contributed by atoms with Gasteiger partial charge in [-0.1, -0.05) is 12.2 Å². The summed E-state index contributed by atoms with van der Waals surface area (Å²) in [6.07, 6.45) is 0. The smallest absolute Gasteiger partial charge is 0.158 e. The molecule has 3 N–H and O–H groups in total. The Morgan fingerprint density at radius 2 is 2.20 bits per heavy atom. The van der Waals surface area contributed by atoms with Gasteiger partial charge in [0.15, 0.2) is 4.32 Å². The molecule has 0 amide bonds. The van der Waals surface area contributed by atoms with Crippen LogP contribution in [0.5, 0.6) is 0 Å². The lowest BCUT2D eigenvalue weighted by molar-refractivity contribution is 0.673. The van der Waals surface area contributed by atoms with Crippen LogP contribution in [0.15, 0.2) is 0 Å². The average molecular weight is 109 g/mol. The van der Waals surface area contributed by atoms with Crippen LogP contribution in [0.3, 0.4) is 0 Å². The largest absolute Gasteiger partial charge is 0.383 e. The van der Waals surface area contributed by atoms with Gasteiger partial charge in [0.2, 0.25) is 0 Å². The molecule has 0 aliphatic rings. The zero-order chi connectivity index (χ0) is 4.28. The van der Waals surface area contributed by atoms with E-state index in [1.165, 1.54) is 0 Å². The van der Waals surface area contributed by atoms with Crippen molar-refractivity contribution in [3.05, 3.63) is 0 Å². The van der Waals surface area contributed by atoms with Gasteiger partial charge < -0.3 is 10.3 Å². The minimum absolute atomic E-state index is 0.0602. The second-order valence-corrected chi connectivity index (χ2v) is 1.73. The fraction of sp³-hybridized carbons (Fsp3) is 0. The lowest BCUT2D eigenvalue weighted by Crippen LogP contribution is -1.99. The minimum atomic E-state index is 0.0602. The lowest BCUT2D eigenvalue weighted by atomic mass is 11.5. The molecule has 5 heavy (non-hydrogen) atoms. The molecule has 0 rings (SSSR count). The van der Waals surface area contributed by atoms with Crippen LogP contribution in [0.25, 0.3) is 0 Å². The third-order valence-corrected chi connectivity index (χ3v) is 0.494. The predicted molar refractivity (Wildman–Crippen MR) is 27.0 cm³/mol. The summed E-state index contributed by atoms with van der Waals surface area (Å²) in [6.45, 7) is 0. The first-order chi connectivity index (χ1) is 2.27. The third-order valence-electron chi connectivity index (χ3n) is 0.0900. The van der Waals surface area contributed by atoms with Crippen molar-refractivity contribution in [2.45, 2.75) is 0 Å². The van der Waals surface area contributed by atoms with Crippen molar-refractivity contribution in [3.8, 4) is 0 Å². The van der Waals surface area contributed by atoms with E-state index in [-0.39, 0.29) is 4.32 Å². The van der Waals surface area contributed by atoms with E-state index in [2.05, 4.69) is 12.2 Å². The SMILES string of the molecule is NC(=S)SO. The molecule has 0 aromatic carbocycles. The third kappa shape index (κ3) is 4.20. The van der Waals surface area contributed by atoms with Gasteiger partial charge in [0.05, 0.1) is 12.0 Å². The van der Waals surface area contributed by atoms with Crippen molar-refractivity contribution in [1.29, 1.82) is 0 Å². The standard InChI is InChI=1S/CH3NOS2/c2-1(4)5-3/h3H,(H2,2,4). The van der Waals surface area contributed by atoms with Gasteiger partial charge in [-0.15, -0.1) is 0 Å². The highest BCUT2D eigenvalue weighted by Crippen LogP contribution is 1.85. The molecule has 0 bridgehead atoms. The van der Waals surface area contributed by atoms with E-state index in [4.69, 9.17) is 10.3 Å². The van der Waals surface area contributed by atoms with Gasteiger partial charge in [-0.25, -0.2) is 0 Å². The average Bonchev–Trinajstić information content (AvgIpc) is 1.38. The first-order valence-electron chi connectivity index (χ1n) is 0.879. The molecule has 0 saturated heterocycles. The van der Waals surface area contributed by atoms with Gasteiger partial charge in [-0.3, -0.25) is 0 Å². The number of hydrogen-bond acceptors (Lipinski definition) is 3. The number of rotatable bonds is 0. The van der Waals surface area contributed by atoms with Crippen molar-refractivity contribution >= 4 is 28.6 Å². The summed E-state index contributed by atoms with van der Waals surface area (Å²) in [5.74, 6) is 0. The van der Waals surface area contributed by atoms with E-state index in [0.717, 1.165) is 0 Å². The Morgan fingerprint density at radius 1 is 2.00 bits per heavy atom. The summed E-state index contributed by atoms with van der Waals surface area (Å²) in [4.78, 5) is 0. The van der Waals surface area contributed by atoms with Crippen LogP contribution in [-0.4, -0.2) is 8.87 Å². The maximum atomic E-state index is 7.79. The molecule has 2 nitrogen and oxygen atoms in total. The topological polar surface area (TPSA) is 46.2 Å². The molecule has 0 aromatic heterocycles. The molecule has 0 spiro atoms. The number of hydrogen-bond donors (Lipinski definition) is 2. The summed E-state index contributed by atoms with van der Waals surface area (Å²) in [7, 11) is 0. The maximum absolute atomic E-state index is 7.79. The van der Waals surface area contributed by atoms with E-state index in [1.54, 1.807) is 0 Å². The van der Waals surface area contributed by atoms with Crippen LogP contribution in [0.2, 0.25) is 0 Å². The second kappa shape index (κ2) is 2.44.